The zero-order valence-corrected chi connectivity index (χ0v) is 27.3. The third-order valence-electron chi connectivity index (χ3n) is 6.55. The molecule has 0 heterocycles. The van der Waals surface area contributed by atoms with Crippen molar-refractivity contribution in [2.24, 2.45) is 0 Å². The number of ether oxygens (including phenoxy) is 8. The van der Waals surface area contributed by atoms with E-state index in [-0.39, 0.29) is 6.61 Å². The monoisotopic (exact) mass is 650 g/mol. The maximum Gasteiger partial charge on any atom is 0.127 e. The van der Waals surface area contributed by atoms with Gasteiger partial charge in [-0.2, -0.15) is 0 Å². The smallest absolute Gasteiger partial charge is 0.127 e. The Balaban J connectivity index is 1.21. The molecule has 0 saturated heterocycles. The van der Waals surface area contributed by atoms with E-state index in [9.17, 15) is 0 Å². The number of hydrogen-bond acceptors (Lipinski definition) is 9. The van der Waals surface area contributed by atoms with Crippen molar-refractivity contribution in [3.63, 3.8) is 0 Å². The van der Waals surface area contributed by atoms with Crippen LogP contribution in [-0.4, -0.2) is 111 Å². The van der Waals surface area contributed by atoms with Crippen LogP contribution in [0.5, 0.6) is 5.75 Å². The van der Waals surface area contributed by atoms with Gasteiger partial charge in [-0.15, -0.1) is 0 Å². The molecule has 0 bridgehead atoms. The maximum absolute atomic E-state index is 8.61. The van der Waals surface area contributed by atoms with Crippen molar-refractivity contribution in [3.05, 3.63) is 101 Å². The Hall–Kier alpha value is -3.38. The minimum absolute atomic E-state index is 0.0247. The third-order valence-corrected chi connectivity index (χ3v) is 6.55. The van der Waals surface area contributed by atoms with Gasteiger partial charge in [-0.3, -0.25) is 0 Å². The summed E-state index contributed by atoms with van der Waals surface area (Å²) in [5.41, 5.74) is 4.36. The Labute approximate surface area is 279 Å². The first-order valence-electron chi connectivity index (χ1n) is 16.2. The molecule has 256 valence electrons. The number of rotatable bonds is 28. The molecule has 9 nitrogen and oxygen atoms in total. The van der Waals surface area contributed by atoms with Crippen LogP contribution in [0.25, 0.3) is 24.3 Å². The third kappa shape index (κ3) is 18.5. The molecule has 3 aromatic rings. The minimum atomic E-state index is 0.0247. The molecule has 47 heavy (non-hydrogen) atoms. The topological polar surface area (TPSA) is 94.1 Å². The molecule has 0 unspecified atom stereocenters. The lowest BCUT2D eigenvalue weighted by Crippen LogP contribution is -2.15. The van der Waals surface area contributed by atoms with E-state index in [2.05, 4.69) is 54.6 Å². The molecule has 0 fully saturated rings. The zero-order valence-electron chi connectivity index (χ0n) is 27.3. The minimum Gasteiger partial charge on any atom is -0.491 e. The predicted molar refractivity (Wildman–Crippen MR) is 185 cm³/mol. The van der Waals surface area contributed by atoms with Crippen molar-refractivity contribution in [1.29, 1.82) is 0 Å². The average Bonchev–Trinajstić information content (AvgIpc) is 3.11. The van der Waals surface area contributed by atoms with Gasteiger partial charge in [0.05, 0.1) is 99.1 Å². The summed E-state index contributed by atoms with van der Waals surface area (Å²) in [7, 11) is 0. The van der Waals surface area contributed by atoms with Gasteiger partial charge in [-0.1, -0.05) is 97.1 Å². The van der Waals surface area contributed by atoms with Gasteiger partial charge in [0, 0.05) is 5.56 Å². The summed E-state index contributed by atoms with van der Waals surface area (Å²) in [6.45, 7) is 7.18. The molecule has 0 aliphatic carbocycles. The van der Waals surface area contributed by atoms with E-state index in [0.717, 1.165) is 28.0 Å². The van der Waals surface area contributed by atoms with E-state index in [1.54, 1.807) is 0 Å². The number of aliphatic hydroxyl groups is 1. The molecule has 0 atom stereocenters. The van der Waals surface area contributed by atoms with E-state index in [1.165, 1.54) is 0 Å². The van der Waals surface area contributed by atoms with Crippen molar-refractivity contribution in [1.82, 2.24) is 0 Å². The van der Waals surface area contributed by atoms with Gasteiger partial charge in [0.25, 0.3) is 0 Å². The van der Waals surface area contributed by atoms with Crippen molar-refractivity contribution in [2.75, 3.05) is 106 Å². The summed E-state index contributed by atoms with van der Waals surface area (Å²) in [4.78, 5) is 0. The van der Waals surface area contributed by atoms with Gasteiger partial charge >= 0.3 is 0 Å². The lowest BCUT2D eigenvalue weighted by Gasteiger charge is -2.12. The Bertz CT molecular complexity index is 1220. The van der Waals surface area contributed by atoms with Crippen LogP contribution in [0.15, 0.2) is 78.9 Å². The molecule has 0 spiro atoms. The largest absolute Gasteiger partial charge is 0.491 e. The second-order valence-corrected chi connectivity index (χ2v) is 10.1. The fourth-order valence-corrected chi connectivity index (χ4v) is 4.20. The van der Waals surface area contributed by atoms with Crippen LogP contribution < -0.4 is 4.74 Å². The lowest BCUT2D eigenvalue weighted by atomic mass is 10.0. The molecule has 3 rings (SSSR count). The molecule has 0 aliphatic heterocycles. The fraction of sp³-hybridized carbons (Fsp3) is 0.421. The average molecular weight is 651 g/mol. The van der Waals surface area contributed by atoms with E-state index in [0.29, 0.717) is 99.1 Å². The highest BCUT2D eigenvalue weighted by Gasteiger charge is 2.06. The number of aliphatic hydroxyl groups excluding tert-OH is 1. The molecule has 0 aromatic heterocycles. The fourth-order valence-electron chi connectivity index (χ4n) is 4.20. The predicted octanol–water partition coefficient (Wildman–Crippen LogP) is 5.51. The maximum atomic E-state index is 8.61. The summed E-state index contributed by atoms with van der Waals surface area (Å²) in [6.07, 6.45) is 8.43. The lowest BCUT2D eigenvalue weighted by molar-refractivity contribution is -0.0221. The molecule has 3 aromatic carbocycles. The van der Waals surface area contributed by atoms with E-state index in [1.807, 2.05) is 48.5 Å². The first-order chi connectivity index (χ1) is 23.4. The van der Waals surface area contributed by atoms with Crippen LogP contribution in [0.1, 0.15) is 22.3 Å². The van der Waals surface area contributed by atoms with Gasteiger partial charge in [0.15, 0.2) is 0 Å². The Kier molecular flexibility index (Phi) is 21.6. The standard InChI is InChI=1S/C38H50O9/c39-18-19-40-20-21-41-22-23-42-24-25-43-26-27-44-28-29-45-30-31-46-32-33-47-38-13-7-12-36(16-14-34-8-3-1-4-9-34)37(38)17-15-35-10-5-2-6-11-35/h1-17,39H,18-33H2/b16-14+,17-15+. The SMILES string of the molecule is OCCOCCOCCOCCOCCOCCOCCOCCOc1cccc(/C=C/c2ccccc2)c1/C=C/c1ccccc1. The summed E-state index contributed by atoms with van der Waals surface area (Å²) in [5.74, 6) is 0.809. The second-order valence-electron chi connectivity index (χ2n) is 10.1. The molecule has 1 N–H and O–H groups in total. The van der Waals surface area contributed by atoms with Gasteiger partial charge in [0.2, 0.25) is 0 Å². The van der Waals surface area contributed by atoms with Crippen molar-refractivity contribution < 1.29 is 43.0 Å². The van der Waals surface area contributed by atoms with Gasteiger partial charge < -0.3 is 43.0 Å². The Morgan fingerprint density at radius 3 is 1.23 bits per heavy atom. The molecule has 0 aliphatic rings. The van der Waals surface area contributed by atoms with Crippen LogP contribution >= 0.6 is 0 Å². The van der Waals surface area contributed by atoms with Crippen LogP contribution in [-0.2, 0) is 33.2 Å². The number of hydrogen-bond donors (Lipinski definition) is 1. The van der Waals surface area contributed by atoms with Crippen molar-refractivity contribution in [3.8, 4) is 5.75 Å². The van der Waals surface area contributed by atoms with Crippen molar-refractivity contribution in [2.45, 2.75) is 0 Å². The molecule has 0 amide bonds. The molecular weight excluding hydrogens is 600 g/mol. The Morgan fingerprint density at radius 1 is 0.383 bits per heavy atom. The summed E-state index contributed by atoms with van der Waals surface area (Å²) in [5, 5.41) is 8.61. The van der Waals surface area contributed by atoms with E-state index < -0.39 is 0 Å². The highest BCUT2D eigenvalue weighted by atomic mass is 16.6. The van der Waals surface area contributed by atoms with Crippen LogP contribution in [0.2, 0.25) is 0 Å². The van der Waals surface area contributed by atoms with Crippen LogP contribution in [0.4, 0.5) is 0 Å². The molecular formula is C38H50O9. The molecule has 0 saturated carbocycles. The van der Waals surface area contributed by atoms with Crippen LogP contribution in [0.3, 0.4) is 0 Å². The quantitative estimate of drug-likeness (QED) is 0.0806. The van der Waals surface area contributed by atoms with E-state index >= 15 is 0 Å². The van der Waals surface area contributed by atoms with Gasteiger partial charge in [-0.05, 0) is 22.8 Å². The first-order valence-corrected chi connectivity index (χ1v) is 16.2. The zero-order chi connectivity index (χ0) is 32.9. The summed E-state index contributed by atoms with van der Waals surface area (Å²) >= 11 is 0. The normalized spacial score (nSPS) is 11.6. The Morgan fingerprint density at radius 2 is 0.787 bits per heavy atom. The van der Waals surface area contributed by atoms with E-state index in [4.69, 9.17) is 43.0 Å². The summed E-state index contributed by atoms with van der Waals surface area (Å²) in [6, 6.07) is 26.6. The first kappa shape index (κ1) is 38.1. The summed E-state index contributed by atoms with van der Waals surface area (Å²) < 4.78 is 44.4. The highest BCUT2D eigenvalue weighted by Crippen LogP contribution is 2.27. The highest BCUT2D eigenvalue weighted by molar-refractivity contribution is 5.82. The second kappa shape index (κ2) is 26.7. The van der Waals surface area contributed by atoms with Crippen LogP contribution in [0, 0.1) is 0 Å². The molecule has 9 heteroatoms. The number of benzene rings is 3. The van der Waals surface area contributed by atoms with Crippen molar-refractivity contribution >= 4 is 24.3 Å². The molecule has 0 radical (unpaired) electrons. The van der Waals surface area contributed by atoms with Gasteiger partial charge in [0.1, 0.15) is 12.4 Å². The van der Waals surface area contributed by atoms with Gasteiger partial charge in [-0.25, -0.2) is 0 Å².